The van der Waals surface area contributed by atoms with Crippen LogP contribution in [0.5, 0.6) is 0 Å². The van der Waals surface area contributed by atoms with Gasteiger partial charge in [-0.1, -0.05) is 23.7 Å². The average molecular weight is 482 g/mol. The van der Waals surface area contributed by atoms with Gasteiger partial charge in [-0.2, -0.15) is 0 Å². The van der Waals surface area contributed by atoms with Crippen LogP contribution in [0.15, 0.2) is 35.0 Å². The van der Waals surface area contributed by atoms with E-state index in [4.69, 9.17) is 16.3 Å². The molecule has 2 N–H and O–H groups in total. The summed E-state index contributed by atoms with van der Waals surface area (Å²) in [5.41, 5.74) is 1.24. The second-order valence-electron chi connectivity index (χ2n) is 8.12. The van der Waals surface area contributed by atoms with Gasteiger partial charge in [0.2, 0.25) is 0 Å². The zero-order valence-corrected chi connectivity index (χ0v) is 18.9. The maximum atomic E-state index is 12.7. The minimum atomic E-state index is -3.26. The third kappa shape index (κ3) is 4.82. The number of hydrogen-bond acceptors (Lipinski definition) is 7. The first-order valence-electron chi connectivity index (χ1n) is 10.5. The Bertz CT molecular complexity index is 1060. The predicted molar refractivity (Wildman–Crippen MR) is 116 cm³/mol. The molecule has 2 atom stereocenters. The minimum absolute atomic E-state index is 0.0423. The molecule has 1 aromatic carbocycles. The van der Waals surface area contributed by atoms with Gasteiger partial charge in [-0.05, 0) is 37.0 Å². The molecule has 0 spiro atoms. The van der Waals surface area contributed by atoms with Crippen molar-refractivity contribution in [1.82, 2.24) is 15.5 Å². The van der Waals surface area contributed by atoms with Crippen molar-refractivity contribution in [2.75, 3.05) is 24.7 Å². The smallest absolute Gasteiger partial charge is 0.278 e. The van der Waals surface area contributed by atoms with Gasteiger partial charge in [0.25, 0.3) is 17.7 Å². The van der Waals surface area contributed by atoms with Crippen molar-refractivity contribution in [3.8, 4) is 0 Å². The summed E-state index contributed by atoms with van der Waals surface area (Å²) in [5.74, 6) is -1.78. The lowest BCUT2D eigenvalue weighted by molar-refractivity contribution is -0.139. The highest BCUT2D eigenvalue weighted by Crippen LogP contribution is 2.29. The van der Waals surface area contributed by atoms with Gasteiger partial charge < -0.3 is 15.4 Å². The summed E-state index contributed by atoms with van der Waals surface area (Å²) in [7, 11) is -3.26. The lowest BCUT2D eigenvalue weighted by atomic mass is 10.1. The van der Waals surface area contributed by atoms with Gasteiger partial charge in [0, 0.05) is 25.3 Å². The van der Waals surface area contributed by atoms with E-state index in [1.54, 1.807) is 24.3 Å². The number of rotatable bonds is 7. The van der Waals surface area contributed by atoms with Crippen LogP contribution in [0.3, 0.4) is 0 Å². The van der Waals surface area contributed by atoms with E-state index in [0.717, 1.165) is 29.9 Å². The summed E-state index contributed by atoms with van der Waals surface area (Å²) in [6.07, 6.45) is 2.23. The molecule has 0 aromatic heterocycles. The number of imide groups is 1. The number of ether oxygens (including phenoxy) is 1. The Morgan fingerprint density at radius 1 is 1.16 bits per heavy atom. The second kappa shape index (κ2) is 9.21. The molecule has 0 saturated carbocycles. The number of sulfone groups is 1. The Morgan fingerprint density at radius 3 is 2.53 bits per heavy atom. The topological polar surface area (TPSA) is 122 Å². The van der Waals surface area contributed by atoms with Crippen molar-refractivity contribution in [2.24, 2.45) is 0 Å². The highest BCUT2D eigenvalue weighted by molar-refractivity contribution is 7.91. The molecule has 11 heteroatoms. The molecule has 3 aliphatic heterocycles. The van der Waals surface area contributed by atoms with Crippen LogP contribution in [0.25, 0.3) is 0 Å². The van der Waals surface area contributed by atoms with E-state index >= 15 is 0 Å². The molecule has 2 saturated heterocycles. The molecule has 3 aliphatic rings. The summed E-state index contributed by atoms with van der Waals surface area (Å²) in [5, 5.41) is 5.49. The molecule has 0 bridgehead atoms. The van der Waals surface area contributed by atoms with Crippen molar-refractivity contribution >= 4 is 39.2 Å². The average Bonchev–Trinajstić information content (AvgIpc) is 3.46. The van der Waals surface area contributed by atoms with Gasteiger partial charge in [-0.15, -0.1) is 0 Å². The molecule has 3 amide bonds. The molecule has 0 radical (unpaired) electrons. The minimum Gasteiger partial charge on any atom is -0.376 e. The largest absolute Gasteiger partial charge is 0.376 e. The van der Waals surface area contributed by atoms with Gasteiger partial charge >= 0.3 is 0 Å². The van der Waals surface area contributed by atoms with Crippen molar-refractivity contribution in [1.29, 1.82) is 0 Å². The number of benzene rings is 1. The molecule has 1 aromatic rings. The molecular formula is C21H24ClN3O6S. The van der Waals surface area contributed by atoms with Crippen LogP contribution in [0.1, 0.15) is 35.2 Å². The van der Waals surface area contributed by atoms with E-state index in [0.29, 0.717) is 12.1 Å². The van der Waals surface area contributed by atoms with E-state index in [2.05, 4.69) is 10.6 Å². The lowest BCUT2D eigenvalue weighted by Gasteiger charge is -2.21. The first-order chi connectivity index (χ1) is 15.2. The number of nitrogens with one attached hydrogen (secondary N) is 2. The van der Waals surface area contributed by atoms with Crippen molar-refractivity contribution in [3.63, 3.8) is 0 Å². The van der Waals surface area contributed by atoms with Crippen LogP contribution in [0.2, 0.25) is 0 Å². The molecule has 0 aliphatic carbocycles. The fourth-order valence-corrected chi connectivity index (χ4v) is 6.00. The Morgan fingerprint density at radius 2 is 1.91 bits per heavy atom. The summed E-state index contributed by atoms with van der Waals surface area (Å²) in [6, 6.07) is 6.14. The number of nitrogens with zero attached hydrogens (tertiary/aromatic N) is 1. The van der Waals surface area contributed by atoms with Crippen molar-refractivity contribution in [2.45, 2.75) is 38.0 Å². The molecule has 9 nitrogen and oxygen atoms in total. The molecule has 3 heterocycles. The van der Waals surface area contributed by atoms with Crippen molar-refractivity contribution in [3.05, 3.63) is 46.1 Å². The summed E-state index contributed by atoms with van der Waals surface area (Å²) in [4.78, 5) is 38.4. The lowest BCUT2D eigenvalue weighted by Crippen LogP contribution is -2.42. The van der Waals surface area contributed by atoms with E-state index < -0.39 is 27.7 Å². The van der Waals surface area contributed by atoms with E-state index in [1.807, 2.05) is 0 Å². The van der Waals surface area contributed by atoms with Crippen LogP contribution in [0.4, 0.5) is 0 Å². The second-order valence-corrected chi connectivity index (χ2v) is 10.7. The third-order valence-electron chi connectivity index (χ3n) is 5.83. The van der Waals surface area contributed by atoms with Gasteiger partial charge in [-0.3, -0.25) is 19.3 Å². The molecule has 172 valence electrons. The summed E-state index contributed by atoms with van der Waals surface area (Å²) >= 11 is 6.08. The standard InChI is InChI=1S/C21H24ClN3O6S/c22-17-18(21(28)25(20(17)27)15-7-9-32(29,30)12-15)23-10-13-3-5-14(6-4-13)19(26)24-11-16-2-1-8-31-16/h3-6,15-16,23H,1-2,7-12H2,(H,24,26). The molecular weight excluding hydrogens is 458 g/mol. The molecule has 4 rings (SSSR count). The molecule has 2 fully saturated rings. The number of hydrogen-bond donors (Lipinski definition) is 2. The monoisotopic (exact) mass is 481 g/mol. The Hall–Kier alpha value is -2.43. The number of carbonyl (C=O) groups excluding carboxylic acids is 3. The van der Waals surface area contributed by atoms with Gasteiger partial charge in [0.1, 0.15) is 10.7 Å². The Balaban J connectivity index is 1.33. The van der Waals surface area contributed by atoms with Gasteiger partial charge in [0.15, 0.2) is 9.84 Å². The molecule has 32 heavy (non-hydrogen) atoms. The zero-order valence-electron chi connectivity index (χ0n) is 17.3. The number of carbonyl (C=O) groups is 3. The van der Waals surface area contributed by atoms with Crippen LogP contribution in [0, 0.1) is 0 Å². The number of halogens is 1. The first-order valence-corrected chi connectivity index (χ1v) is 12.7. The SMILES string of the molecule is O=C(NCC1CCCO1)c1ccc(CNC2=C(Cl)C(=O)N(C3CCS(=O)(=O)C3)C2=O)cc1. The number of amides is 3. The Labute approximate surface area is 191 Å². The van der Waals surface area contributed by atoms with E-state index in [1.165, 1.54) is 0 Å². The van der Waals surface area contributed by atoms with Crippen LogP contribution < -0.4 is 10.6 Å². The van der Waals surface area contributed by atoms with Crippen molar-refractivity contribution < 1.29 is 27.5 Å². The normalized spacial score (nSPS) is 25.0. The highest BCUT2D eigenvalue weighted by atomic mass is 35.5. The van der Waals surface area contributed by atoms with Crippen LogP contribution in [-0.4, -0.2) is 67.8 Å². The highest BCUT2D eigenvalue weighted by Gasteiger charge is 2.45. The first kappa shape index (κ1) is 22.8. The van der Waals surface area contributed by atoms with Gasteiger partial charge in [-0.25, -0.2) is 8.42 Å². The predicted octanol–water partition coefficient (Wildman–Crippen LogP) is 0.691. The maximum Gasteiger partial charge on any atom is 0.278 e. The Kier molecular flexibility index (Phi) is 6.55. The molecule has 2 unspecified atom stereocenters. The fourth-order valence-electron chi connectivity index (χ4n) is 4.06. The quantitative estimate of drug-likeness (QED) is 0.549. The van der Waals surface area contributed by atoms with Crippen LogP contribution >= 0.6 is 11.6 Å². The van der Waals surface area contributed by atoms with Crippen LogP contribution in [-0.2, 0) is 30.7 Å². The third-order valence-corrected chi connectivity index (χ3v) is 7.93. The fraction of sp³-hybridized carbons (Fsp3) is 0.476. The van der Waals surface area contributed by atoms with Gasteiger partial charge in [0.05, 0.1) is 23.7 Å². The maximum absolute atomic E-state index is 12.7. The summed E-state index contributed by atoms with van der Waals surface area (Å²) < 4.78 is 28.9. The zero-order chi connectivity index (χ0) is 22.9. The van der Waals surface area contributed by atoms with E-state index in [9.17, 15) is 22.8 Å². The van der Waals surface area contributed by atoms with E-state index in [-0.39, 0.29) is 47.2 Å². The summed E-state index contributed by atoms with van der Waals surface area (Å²) in [6.45, 7) is 1.41.